The van der Waals surface area contributed by atoms with Crippen LogP contribution in [0.25, 0.3) is 10.8 Å². The Kier molecular flexibility index (Phi) is 10.9. The highest BCUT2D eigenvalue weighted by atomic mass is 32.1. The molecule has 4 heterocycles. The topological polar surface area (TPSA) is 65.0 Å². The van der Waals surface area contributed by atoms with Crippen molar-refractivity contribution in [3.8, 4) is 18.4 Å². The summed E-state index contributed by atoms with van der Waals surface area (Å²) in [6, 6.07) is 15.7. The fraction of sp³-hybridized carbons (Fsp3) is 0.424. The molecule has 2 aromatic carbocycles. The van der Waals surface area contributed by atoms with Gasteiger partial charge >= 0.3 is 6.01 Å². The predicted molar refractivity (Wildman–Crippen MR) is 184 cm³/mol. The second-order valence-corrected chi connectivity index (χ2v) is 11.3. The molecular formula is C33H42N6O2S2. The largest absolute Gasteiger partial charge is 0.462 e. The van der Waals surface area contributed by atoms with E-state index in [-0.39, 0.29) is 38.9 Å². The van der Waals surface area contributed by atoms with Crippen molar-refractivity contribution in [3.05, 3.63) is 66.4 Å². The van der Waals surface area contributed by atoms with Crippen molar-refractivity contribution in [1.29, 1.82) is 0 Å². The Hall–Kier alpha value is -3.39. The van der Waals surface area contributed by atoms with Gasteiger partial charge in [0.25, 0.3) is 0 Å². The molecule has 0 radical (unpaired) electrons. The van der Waals surface area contributed by atoms with Gasteiger partial charge in [-0.2, -0.15) is 37.0 Å². The first-order valence-corrected chi connectivity index (χ1v) is 14.6. The van der Waals surface area contributed by atoms with E-state index < -0.39 is 0 Å². The van der Waals surface area contributed by atoms with Gasteiger partial charge in [0.1, 0.15) is 12.4 Å². The smallest absolute Gasteiger partial charge is 0.318 e. The normalized spacial score (nSPS) is 20.0. The van der Waals surface area contributed by atoms with Crippen LogP contribution in [0.4, 0.5) is 11.5 Å². The zero-order valence-corrected chi connectivity index (χ0v) is 26.8. The number of hydrogen-bond donors (Lipinski definition) is 0. The lowest BCUT2D eigenvalue weighted by atomic mass is 10.0. The summed E-state index contributed by atoms with van der Waals surface area (Å²) in [5, 5.41) is 2.48. The lowest BCUT2D eigenvalue weighted by molar-refractivity contribution is -0.128. The van der Waals surface area contributed by atoms with Crippen LogP contribution in [-0.4, -0.2) is 84.1 Å². The number of ether oxygens (including phenoxy) is 1. The van der Waals surface area contributed by atoms with E-state index in [1.807, 2.05) is 4.90 Å². The predicted octanol–water partition coefficient (Wildman–Crippen LogP) is 4.12. The minimum absolute atomic E-state index is 0. The van der Waals surface area contributed by atoms with E-state index in [1.54, 1.807) is 0 Å². The summed E-state index contributed by atoms with van der Waals surface area (Å²) >= 11 is 0. The minimum atomic E-state index is -0.0999. The van der Waals surface area contributed by atoms with Crippen LogP contribution < -0.4 is 14.5 Å². The maximum Gasteiger partial charge on any atom is 0.318 e. The number of aromatic nitrogens is 2. The molecule has 0 N–H and O–H groups in total. The Bertz CT molecular complexity index is 1490. The highest BCUT2D eigenvalue weighted by Gasteiger charge is 2.33. The summed E-state index contributed by atoms with van der Waals surface area (Å²) in [5.41, 5.74) is 3.38. The maximum atomic E-state index is 12.5. The Balaban J connectivity index is 0.00000212. The van der Waals surface area contributed by atoms with Gasteiger partial charge in [-0.1, -0.05) is 43.0 Å². The second-order valence-electron chi connectivity index (χ2n) is 11.3. The third kappa shape index (κ3) is 6.74. The SMILES string of the molecule is C#CC[C@H]1CN(c2nc(OC[C@@H]3CCCN3C)nc3c2CCN(c2cccc4ccccc24)C3)CCN1C(=O)C=C.S.S. The molecule has 1 aromatic heterocycles. The van der Waals surface area contributed by atoms with Crippen molar-refractivity contribution in [2.24, 2.45) is 0 Å². The lowest BCUT2D eigenvalue weighted by Gasteiger charge is -2.42. The van der Waals surface area contributed by atoms with Gasteiger partial charge in [-0.3, -0.25) is 4.79 Å². The number of nitrogens with zero attached hydrogens (tertiary/aromatic N) is 6. The molecule has 228 valence electrons. The van der Waals surface area contributed by atoms with E-state index in [1.165, 1.54) is 29.0 Å². The van der Waals surface area contributed by atoms with Crippen LogP contribution >= 0.6 is 27.0 Å². The molecule has 2 saturated heterocycles. The Morgan fingerprint density at radius 1 is 1.07 bits per heavy atom. The van der Waals surface area contributed by atoms with Crippen LogP contribution in [0.1, 0.15) is 30.5 Å². The van der Waals surface area contributed by atoms with Crippen LogP contribution in [0, 0.1) is 12.3 Å². The third-order valence-electron chi connectivity index (χ3n) is 8.80. The molecule has 2 atom stereocenters. The standard InChI is InChI=1S/C33H38N6O2.2H2S/c1-4-10-25-21-38(19-20-39(25)31(40)5-2)32-28-16-18-37(30-15-8-12-24-11-6-7-14-27(24)30)22-29(28)34-33(35-32)41-23-26-13-9-17-36(26)3;;/h1,5-8,11-12,14-15,25-26H,2,9-10,13,16-23H2,3H3;2*1H2/t25-,26-;;/m0../s1. The van der Waals surface area contributed by atoms with E-state index in [0.717, 1.165) is 43.0 Å². The van der Waals surface area contributed by atoms with Gasteiger partial charge in [0.15, 0.2) is 0 Å². The molecule has 2 fully saturated rings. The van der Waals surface area contributed by atoms with Gasteiger partial charge in [-0.05, 0) is 50.4 Å². The number of benzene rings is 2. The van der Waals surface area contributed by atoms with Crippen LogP contribution in [0.2, 0.25) is 0 Å². The third-order valence-corrected chi connectivity index (χ3v) is 8.80. The number of carbonyl (C=O) groups excluding carboxylic acids is 1. The van der Waals surface area contributed by atoms with Crippen molar-refractivity contribution in [2.75, 3.05) is 56.2 Å². The number of carbonyl (C=O) groups is 1. The molecule has 43 heavy (non-hydrogen) atoms. The lowest BCUT2D eigenvalue weighted by Crippen LogP contribution is -2.55. The number of likely N-dealkylation sites (tertiary alicyclic amines) is 1. The molecule has 3 aliphatic heterocycles. The number of likely N-dealkylation sites (N-methyl/N-ethyl adjacent to an activating group) is 1. The number of terminal acetylenes is 1. The Morgan fingerprint density at radius 2 is 1.88 bits per heavy atom. The molecule has 0 bridgehead atoms. The summed E-state index contributed by atoms with van der Waals surface area (Å²) in [7, 11) is 2.15. The summed E-state index contributed by atoms with van der Waals surface area (Å²) in [6.07, 6.45) is 10.7. The van der Waals surface area contributed by atoms with E-state index in [9.17, 15) is 4.79 Å². The van der Waals surface area contributed by atoms with Crippen molar-refractivity contribution < 1.29 is 9.53 Å². The average molecular weight is 619 g/mol. The van der Waals surface area contributed by atoms with Crippen molar-refractivity contribution in [1.82, 2.24) is 19.8 Å². The Morgan fingerprint density at radius 3 is 2.65 bits per heavy atom. The van der Waals surface area contributed by atoms with E-state index in [2.05, 4.69) is 76.7 Å². The fourth-order valence-electron chi connectivity index (χ4n) is 6.53. The number of fused-ring (bicyclic) bond motifs is 2. The van der Waals surface area contributed by atoms with Crippen LogP contribution in [0.15, 0.2) is 55.1 Å². The summed E-state index contributed by atoms with van der Waals surface area (Å²) < 4.78 is 6.30. The highest BCUT2D eigenvalue weighted by molar-refractivity contribution is 7.59. The van der Waals surface area contributed by atoms with Gasteiger partial charge in [0, 0.05) is 55.3 Å². The monoisotopic (exact) mass is 618 g/mol. The molecule has 1 amide bonds. The zero-order chi connectivity index (χ0) is 28.3. The zero-order valence-electron chi connectivity index (χ0n) is 24.8. The number of amides is 1. The first-order valence-electron chi connectivity index (χ1n) is 14.6. The summed E-state index contributed by atoms with van der Waals surface area (Å²) in [4.78, 5) is 31.4. The van der Waals surface area contributed by atoms with Gasteiger partial charge in [-0.25, -0.2) is 0 Å². The van der Waals surface area contributed by atoms with E-state index in [4.69, 9.17) is 21.1 Å². The van der Waals surface area contributed by atoms with Gasteiger partial charge in [0.05, 0.1) is 18.3 Å². The van der Waals surface area contributed by atoms with Gasteiger partial charge < -0.3 is 24.3 Å². The van der Waals surface area contributed by atoms with Gasteiger partial charge in [-0.15, -0.1) is 12.3 Å². The highest BCUT2D eigenvalue weighted by Crippen LogP contribution is 2.35. The summed E-state index contributed by atoms with van der Waals surface area (Å²) in [6.45, 7) is 8.75. The van der Waals surface area contributed by atoms with Crippen LogP contribution in [0.5, 0.6) is 6.01 Å². The number of anilines is 2. The average Bonchev–Trinajstić information content (AvgIpc) is 3.43. The van der Waals surface area contributed by atoms with Gasteiger partial charge in [0.2, 0.25) is 5.91 Å². The molecule has 10 heteroatoms. The van der Waals surface area contributed by atoms with Crippen molar-refractivity contribution >= 4 is 55.2 Å². The first kappa shape index (κ1) is 32.5. The maximum absolute atomic E-state index is 12.5. The number of piperazine rings is 1. The minimum Gasteiger partial charge on any atom is -0.462 e. The molecular weight excluding hydrogens is 577 g/mol. The number of rotatable bonds is 7. The fourth-order valence-corrected chi connectivity index (χ4v) is 6.53. The quantitative estimate of drug-likeness (QED) is 0.292. The molecule has 0 aliphatic carbocycles. The van der Waals surface area contributed by atoms with Crippen molar-refractivity contribution in [3.63, 3.8) is 0 Å². The summed E-state index contributed by atoms with van der Waals surface area (Å²) in [5.74, 6) is 3.60. The van der Waals surface area contributed by atoms with E-state index >= 15 is 0 Å². The second kappa shape index (κ2) is 14.4. The van der Waals surface area contributed by atoms with Crippen LogP contribution in [0.3, 0.4) is 0 Å². The number of hydrogen-bond acceptors (Lipinski definition) is 7. The molecule has 0 unspecified atom stereocenters. The van der Waals surface area contributed by atoms with Crippen LogP contribution in [-0.2, 0) is 17.8 Å². The first-order chi connectivity index (χ1) is 20.1. The van der Waals surface area contributed by atoms with Crippen molar-refractivity contribution in [2.45, 2.75) is 44.3 Å². The van der Waals surface area contributed by atoms with E-state index in [0.29, 0.717) is 51.3 Å². The Labute approximate surface area is 269 Å². The molecule has 3 aliphatic rings. The molecule has 0 spiro atoms. The molecule has 0 saturated carbocycles. The molecule has 6 rings (SSSR count). The molecule has 8 nitrogen and oxygen atoms in total. The molecule has 3 aromatic rings.